The van der Waals surface area contributed by atoms with Crippen molar-refractivity contribution in [1.82, 2.24) is 0 Å². The molecule has 2 fully saturated rings. The SMILES string of the molecule is C=C1C(=O)O[C@@H]2[C@H]3O[C@]3(C)CCC=C(COC(=O)Nc3ccc(F)cc3F)CC[C@@H]12. The summed E-state index contributed by atoms with van der Waals surface area (Å²) in [6.45, 7) is 5.90. The highest BCUT2D eigenvalue weighted by molar-refractivity contribution is 5.91. The van der Waals surface area contributed by atoms with Crippen molar-refractivity contribution in [3.8, 4) is 0 Å². The average Bonchev–Trinajstić information content (AvgIpc) is 3.28. The molecule has 3 aliphatic rings. The lowest BCUT2D eigenvalue weighted by atomic mass is 9.84. The standard InChI is InChI=1S/C22H23F2NO5/c1-12-15-7-5-13(4-3-9-22(2)19(30-22)18(15)29-20(12)26)11-28-21(27)25-17-8-6-14(23)10-16(17)24/h4,6,8,10,15,18-19H,1,3,5,7,9,11H2,2H3,(H,25,27)/t15-,18-,19+,22+/m0/s1. The second kappa shape index (κ2) is 7.83. The molecule has 0 saturated carbocycles. The molecular formula is C22H23F2NO5. The number of epoxide rings is 1. The molecule has 6 nitrogen and oxygen atoms in total. The maximum absolute atomic E-state index is 13.7. The van der Waals surface area contributed by atoms with Gasteiger partial charge in [0.05, 0.1) is 11.3 Å². The van der Waals surface area contributed by atoms with E-state index in [-0.39, 0.29) is 42.0 Å². The predicted molar refractivity (Wildman–Crippen MR) is 104 cm³/mol. The fraction of sp³-hybridized carbons (Fsp3) is 0.455. The van der Waals surface area contributed by atoms with Crippen LogP contribution in [0.4, 0.5) is 19.3 Å². The zero-order chi connectivity index (χ0) is 21.5. The van der Waals surface area contributed by atoms with Gasteiger partial charge in [-0.2, -0.15) is 0 Å². The van der Waals surface area contributed by atoms with Gasteiger partial charge in [-0.05, 0) is 50.3 Å². The van der Waals surface area contributed by atoms with E-state index in [1.54, 1.807) is 0 Å². The van der Waals surface area contributed by atoms with Crippen molar-refractivity contribution in [3.63, 3.8) is 0 Å². The van der Waals surface area contributed by atoms with Gasteiger partial charge in [0.15, 0.2) is 0 Å². The maximum Gasteiger partial charge on any atom is 0.412 e. The number of carbonyl (C=O) groups excluding carboxylic acids is 2. The van der Waals surface area contributed by atoms with E-state index in [4.69, 9.17) is 14.2 Å². The average molecular weight is 419 g/mol. The Balaban J connectivity index is 1.39. The second-order valence-electron chi connectivity index (χ2n) is 8.12. The summed E-state index contributed by atoms with van der Waals surface area (Å²) in [5.74, 6) is -2.15. The fourth-order valence-corrected chi connectivity index (χ4v) is 4.15. The highest BCUT2D eigenvalue weighted by atomic mass is 19.1. The van der Waals surface area contributed by atoms with Crippen LogP contribution in [0.1, 0.15) is 32.6 Å². The molecule has 1 aromatic rings. The summed E-state index contributed by atoms with van der Waals surface area (Å²) in [4.78, 5) is 24.0. The Labute approximate surface area is 172 Å². The molecule has 0 radical (unpaired) electrons. The van der Waals surface area contributed by atoms with Crippen LogP contribution in [-0.2, 0) is 19.0 Å². The summed E-state index contributed by atoms with van der Waals surface area (Å²) in [5.41, 5.74) is 0.832. The van der Waals surface area contributed by atoms with Crippen molar-refractivity contribution in [2.45, 2.75) is 50.4 Å². The number of carbonyl (C=O) groups is 2. The molecule has 0 aromatic heterocycles. The number of halogens is 2. The summed E-state index contributed by atoms with van der Waals surface area (Å²) in [6.07, 6.45) is 3.42. The van der Waals surface area contributed by atoms with E-state index in [0.717, 1.165) is 30.5 Å². The minimum atomic E-state index is -0.882. The van der Waals surface area contributed by atoms with E-state index < -0.39 is 17.7 Å². The van der Waals surface area contributed by atoms with Crippen LogP contribution in [0.3, 0.4) is 0 Å². The van der Waals surface area contributed by atoms with Crippen LogP contribution < -0.4 is 5.32 Å². The number of hydrogen-bond donors (Lipinski definition) is 1. The molecule has 1 N–H and O–H groups in total. The van der Waals surface area contributed by atoms with E-state index in [9.17, 15) is 18.4 Å². The molecule has 1 amide bonds. The Morgan fingerprint density at radius 2 is 2.20 bits per heavy atom. The number of benzene rings is 1. The van der Waals surface area contributed by atoms with E-state index in [1.165, 1.54) is 0 Å². The minimum absolute atomic E-state index is 0.0221. The smallest absolute Gasteiger partial charge is 0.412 e. The zero-order valence-corrected chi connectivity index (χ0v) is 16.6. The molecule has 1 aliphatic carbocycles. The fourth-order valence-electron chi connectivity index (χ4n) is 4.15. The number of ether oxygens (including phenoxy) is 3. The van der Waals surface area contributed by atoms with Gasteiger partial charge in [0, 0.05) is 17.6 Å². The van der Waals surface area contributed by atoms with Crippen LogP contribution in [0, 0.1) is 17.6 Å². The normalized spacial score (nSPS) is 30.5. The number of allylic oxidation sites excluding steroid dienone is 1. The Bertz CT molecular complexity index is 930. The number of esters is 1. The number of rotatable bonds is 3. The lowest BCUT2D eigenvalue weighted by Crippen LogP contribution is -2.29. The van der Waals surface area contributed by atoms with E-state index in [1.807, 2.05) is 13.0 Å². The lowest BCUT2D eigenvalue weighted by Gasteiger charge is -2.20. The summed E-state index contributed by atoms with van der Waals surface area (Å²) < 4.78 is 43.3. The molecule has 2 heterocycles. The largest absolute Gasteiger partial charge is 0.455 e. The van der Waals surface area contributed by atoms with Crippen LogP contribution in [0.5, 0.6) is 0 Å². The first kappa shape index (κ1) is 20.5. The number of fused-ring (bicyclic) bond motifs is 3. The Morgan fingerprint density at radius 1 is 1.40 bits per heavy atom. The Kier molecular flexibility index (Phi) is 5.36. The first-order chi connectivity index (χ1) is 14.3. The van der Waals surface area contributed by atoms with Gasteiger partial charge < -0.3 is 14.2 Å². The molecule has 2 aliphatic heterocycles. The Morgan fingerprint density at radius 3 is 2.97 bits per heavy atom. The van der Waals surface area contributed by atoms with Gasteiger partial charge in [0.25, 0.3) is 0 Å². The summed E-state index contributed by atoms with van der Waals surface area (Å²) >= 11 is 0. The molecule has 0 bridgehead atoms. The van der Waals surface area contributed by atoms with Crippen molar-refractivity contribution in [2.24, 2.45) is 5.92 Å². The van der Waals surface area contributed by atoms with Gasteiger partial charge in [-0.15, -0.1) is 0 Å². The van der Waals surface area contributed by atoms with Crippen molar-refractivity contribution in [1.29, 1.82) is 0 Å². The molecule has 2 saturated heterocycles. The van der Waals surface area contributed by atoms with Gasteiger partial charge in [-0.25, -0.2) is 18.4 Å². The van der Waals surface area contributed by atoms with Crippen LogP contribution >= 0.6 is 0 Å². The van der Waals surface area contributed by atoms with Gasteiger partial charge in [-0.1, -0.05) is 12.7 Å². The van der Waals surface area contributed by atoms with E-state index >= 15 is 0 Å². The van der Waals surface area contributed by atoms with E-state index in [0.29, 0.717) is 24.5 Å². The highest BCUT2D eigenvalue weighted by Gasteiger charge is 2.61. The van der Waals surface area contributed by atoms with Crippen LogP contribution in [0.2, 0.25) is 0 Å². The number of hydrogen-bond acceptors (Lipinski definition) is 5. The lowest BCUT2D eigenvalue weighted by molar-refractivity contribution is -0.140. The van der Waals surface area contributed by atoms with Crippen molar-refractivity contribution in [2.75, 3.05) is 11.9 Å². The van der Waals surface area contributed by atoms with Crippen molar-refractivity contribution in [3.05, 3.63) is 53.6 Å². The molecule has 1 aromatic carbocycles. The molecule has 4 rings (SSSR count). The first-order valence-corrected chi connectivity index (χ1v) is 9.91. The first-order valence-electron chi connectivity index (χ1n) is 9.91. The zero-order valence-electron chi connectivity index (χ0n) is 16.6. The molecular weight excluding hydrogens is 396 g/mol. The summed E-state index contributed by atoms with van der Waals surface area (Å²) in [7, 11) is 0. The highest BCUT2D eigenvalue weighted by Crippen LogP contribution is 2.49. The van der Waals surface area contributed by atoms with E-state index in [2.05, 4.69) is 11.9 Å². The molecule has 30 heavy (non-hydrogen) atoms. The number of amides is 1. The molecule has 160 valence electrons. The molecule has 4 atom stereocenters. The van der Waals surface area contributed by atoms with Gasteiger partial charge in [0.2, 0.25) is 0 Å². The Hall–Kier alpha value is -2.74. The summed E-state index contributed by atoms with van der Waals surface area (Å²) in [5, 5.41) is 2.27. The third kappa shape index (κ3) is 4.09. The van der Waals surface area contributed by atoms with Crippen LogP contribution in [-0.4, -0.2) is 36.5 Å². The third-order valence-corrected chi connectivity index (χ3v) is 6.00. The predicted octanol–water partition coefficient (Wildman–Crippen LogP) is 4.27. The molecule has 0 unspecified atom stereocenters. The van der Waals surface area contributed by atoms with Gasteiger partial charge in [-0.3, -0.25) is 5.32 Å². The molecule has 0 spiro atoms. The topological polar surface area (TPSA) is 77.2 Å². The van der Waals surface area contributed by atoms with Crippen molar-refractivity contribution < 1.29 is 32.6 Å². The number of anilines is 1. The van der Waals surface area contributed by atoms with Crippen LogP contribution in [0.25, 0.3) is 0 Å². The van der Waals surface area contributed by atoms with Crippen molar-refractivity contribution >= 4 is 17.7 Å². The monoisotopic (exact) mass is 419 g/mol. The number of nitrogens with one attached hydrogen (secondary N) is 1. The second-order valence-corrected chi connectivity index (χ2v) is 8.12. The van der Waals surface area contributed by atoms with Crippen LogP contribution in [0.15, 0.2) is 42.0 Å². The van der Waals surface area contributed by atoms with Gasteiger partial charge >= 0.3 is 12.1 Å². The minimum Gasteiger partial charge on any atom is -0.455 e. The molecule has 8 heteroatoms. The third-order valence-electron chi connectivity index (χ3n) is 6.00. The van der Waals surface area contributed by atoms with Gasteiger partial charge in [0.1, 0.15) is 30.4 Å². The summed E-state index contributed by atoms with van der Waals surface area (Å²) in [6, 6.07) is 2.86. The quantitative estimate of drug-likeness (QED) is 0.343. The maximum atomic E-state index is 13.7.